The number of carboxylic acid groups (broad SMARTS) is 1. The van der Waals surface area contributed by atoms with Crippen molar-refractivity contribution >= 4 is 11.9 Å². The number of amides is 1. The molecule has 98 valence electrons. The molecule has 0 bridgehead atoms. The van der Waals surface area contributed by atoms with Crippen LogP contribution < -0.4 is 5.32 Å². The molecule has 2 fully saturated rings. The SMILES string of the molecule is CN1C(=O)C[C@H]2NCC[C@H]21.O=C(O)C(F)(F)F. The molecule has 2 saturated heterocycles. The molecule has 0 aromatic heterocycles. The summed E-state index contributed by atoms with van der Waals surface area (Å²) in [5.74, 6) is -2.46. The van der Waals surface area contributed by atoms with E-state index in [4.69, 9.17) is 9.90 Å². The largest absolute Gasteiger partial charge is 0.490 e. The minimum Gasteiger partial charge on any atom is -0.475 e. The first-order valence-corrected chi connectivity index (χ1v) is 5.02. The molecular weight excluding hydrogens is 241 g/mol. The van der Waals surface area contributed by atoms with Crippen LogP contribution in [0.5, 0.6) is 0 Å². The van der Waals surface area contributed by atoms with Crippen molar-refractivity contribution in [2.45, 2.75) is 31.1 Å². The first-order valence-electron chi connectivity index (χ1n) is 5.02. The Labute approximate surface area is 95.6 Å². The third-order valence-corrected chi connectivity index (χ3v) is 2.84. The summed E-state index contributed by atoms with van der Waals surface area (Å²) in [6, 6.07) is 0.949. The van der Waals surface area contributed by atoms with Gasteiger partial charge in [0.05, 0.1) is 0 Å². The summed E-state index contributed by atoms with van der Waals surface area (Å²) in [4.78, 5) is 21.8. The Morgan fingerprint density at radius 2 is 2.06 bits per heavy atom. The molecular formula is C9H13F3N2O3. The quantitative estimate of drug-likeness (QED) is 0.648. The highest BCUT2D eigenvalue weighted by Gasteiger charge is 2.40. The van der Waals surface area contributed by atoms with Gasteiger partial charge in [-0.3, -0.25) is 4.79 Å². The summed E-state index contributed by atoms with van der Waals surface area (Å²) in [6.07, 6.45) is -3.24. The highest BCUT2D eigenvalue weighted by atomic mass is 19.4. The maximum absolute atomic E-state index is 11.1. The first-order chi connectivity index (χ1) is 7.73. The Hall–Kier alpha value is -1.31. The topological polar surface area (TPSA) is 69.6 Å². The smallest absolute Gasteiger partial charge is 0.475 e. The van der Waals surface area contributed by atoms with Gasteiger partial charge in [0.25, 0.3) is 0 Å². The lowest BCUT2D eigenvalue weighted by atomic mass is 10.1. The van der Waals surface area contributed by atoms with Crippen LogP contribution in [-0.4, -0.2) is 53.7 Å². The number of aliphatic carboxylic acids is 1. The van der Waals surface area contributed by atoms with E-state index in [1.165, 1.54) is 0 Å². The third-order valence-electron chi connectivity index (χ3n) is 2.84. The van der Waals surface area contributed by atoms with Gasteiger partial charge in [-0.2, -0.15) is 13.2 Å². The summed E-state index contributed by atoms with van der Waals surface area (Å²) in [5.41, 5.74) is 0. The number of hydrogen-bond acceptors (Lipinski definition) is 3. The monoisotopic (exact) mass is 254 g/mol. The zero-order valence-electron chi connectivity index (χ0n) is 9.12. The maximum atomic E-state index is 11.1. The average molecular weight is 254 g/mol. The van der Waals surface area contributed by atoms with Crippen molar-refractivity contribution in [3.8, 4) is 0 Å². The number of rotatable bonds is 0. The van der Waals surface area contributed by atoms with Crippen LogP contribution in [0.1, 0.15) is 12.8 Å². The summed E-state index contributed by atoms with van der Waals surface area (Å²) in [7, 11) is 1.90. The van der Waals surface area contributed by atoms with E-state index in [0.29, 0.717) is 24.4 Å². The molecule has 1 amide bonds. The van der Waals surface area contributed by atoms with Gasteiger partial charge in [0, 0.05) is 25.6 Å². The number of carbonyl (C=O) groups excluding carboxylic acids is 1. The number of nitrogens with one attached hydrogen (secondary N) is 1. The van der Waals surface area contributed by atoms with Gasteiger partial charge < -0.3 is 15.3 Å². The Balaban J connectivity index is 0.000000185. The van der Waals surface area contributed by atoms with Crippen LogP contribution in [-0.2, 0) is 9.59 Å². The third kappa shape index (κ3) is 3.32. The summed E-state index contributed by atoms with van der Waals surface area (Å²) < 4.78 is 31.7. The highest BCUT2D eigenvalue weighted by Crippen LogP contribution is 2.23. The van der Waals surface area contributed by atoms with E-state index < -0.39 is 12.1 Å². The molecule has 0 unspecified atom stereocenters. The molecule has 2 N–H and O–H groups in total. The predicted octanol–water partition coefficient (Wildman–Crippen LogP) is 0.212. The summed E-state index contributed by atoms with van der Waals surface area (Å²) in [5, 5.41) is 10.4. The Bertz CT molecular complexity index is 319. The van der Waals surface area contributed by atoms with E-state index in [0.717, 1.165) is 13.0 Å². The molecule has 2 aliphatic rings. The number of likely N-dealkylation sites (tertiary alicyclic amines) is 1. The van der Waals surface area contributed by atoms with Crippen LogP contribution in [0.15, 0.2) is 0 Å². The Kier molecular flexibility index (Phi) is 3.97. The van der Waals surface area contributed by atoms with Crippen LogP contribution in [0.2, 0.25) is 0 Å². The minimum atomic E-state index is -5.08. The standard InChI is InChI=1S/C7H12N2O.C2HF3O2/c1-9-6-2-3-8-5(6)4-7(9)10;3-2(4,5)1(6)7/h5-6,8H,2-4H2,1H3;(H,6,7)/t5-,6-;/m1./s1. The van der Waals surface area contributed by atoms with Crippen molar-refractivity contribution in [1.29, 1.82) is 0 Å². The minimum absolute atomic E-state index is 0.294. The van der Waals surface area contributed by atoms with Gasteiger partial charge in [0.1, 0.15) is 0 Å². The lowest BCUT2D eigenvalue weighted by Gasteiger charge is -2.16. The van der Waals surface area contributed by atoms with E-state index in [9.17, 15) is 18.0 Å². The number of likely N-dealkylation sites (N-methyl/N-ethyl adjacent to an activating group) is 1. The Morgan fingerprint density at radius 3 is 2.47 bits per heavy atom. The molecule has 0 aliphatic carbocycles. The fraction of sp³-hybridized carbons (Fsp3) is 0.778. The van der Waals surface area contributed by atoms with Gasteiger partial charge in [-0.25, -0.2) is 4.79 Å². The number of fused-ring (bicyclic) bond motifs is 1. The number of carboxylic acids is 1. The summed E-state index contributed by atoms with van der Waals surface area (Å²) >= 11 is 0. The average Bonchev–Trinajstić information content (AvgIpc) is 2.72. The molecule has 5 nitrogen and oxygen atoms in total. The number of nitrogens with zero attached hydrogens (tertiary/aromatic N) is 1. The van der Waals surface area contributed by atoms with Gasteiger partial charge in [0.15, 0.2) is 0 Å². The second-order valence-corrected chi connectivity index (χ2v) is 3.93. The molecule has 0 aromatic rings. The highest BCUT2D eigenvalue weighted by molar-refractivity contribution is 5.79. The van der Waals surface area contributed by atoms with E-state index in [1.807, 2.05) is 11.9 Å². The molecule has 17 heavy (non-hydrogen) atoms. The van der Waals surface area contributed by atoms with Crippen molar-refractivity contribution < 1.29 is 27.9 Å². The second-order valence-electron chi connectivity index (χ2n) is 3.93. The fourth-order valence-corrected chi connectivity index (χ4v) is 1.94. The maximum Gasteiger partial charge on any atom is 0.490 e. The van der Waals surface area contributed by atoms with E-state index in [-0.39, 0.29) is 0 Å². The molecule has 0 aromatic carbocycles. The predicted molar refractivity (Wildman–Crippen MR) is 51.3 cm³/mol. The van der Waals surface area contributed by atoms with E-state index in [2.05, 4.69) is 5.32 Å². The van der Waals surface area contributed by atoms with Crippen LogP contribution in [0.25, 0.3) is 0 Å². The van der Waals surface area contributed by atoms with Crippen molar-refractivity contribution in [2.75, 3.05) is 13.6 Å². The lowest BCUT2D eigenvalue weighted by molar-refractivity contribution is -0.192. The fourth-order valence-electron chi connectivity index (χ4n) is 1.94. The van der Waals surface area contributed by atoms with Gasteiger partial charge in [0.2, 0.25) is 5.91 Å². The molecule has 2 rings (SSSR count). The van der Waals surface area contributed by atoms with E-state index >= 15 is 0 Å². The van der Waals surface area contributed by atoms with Crippen LogP contribution in [0.4, 0.5) is 13.2 Å². The van der Waals surface area contributed by atoms with Crippen molar-refractivity contribution in [3.05, 3.63) is 0 Å². The molecule has 2 heterocycles. The first kappa shape index (κ1) is 13.8. The van der Waals surface area contributed by atoms with Crippen LogP contribution >= 0.6 is 0 Å². The zero-order chi connectivity index (χ0) is 13.2. The van der Waals surface area contributed by atoms with E-state index in [1.54, 1.807) is 0 Å². The molecule has 2 aliphatic heterocycles. The molecule has 0 spiro atoms. The summed E-state index contributed by atoms with van der Waals surface area (Å²) in [6.45, 7) is 1.08. The number of hydrogen-bond donors (Lipinski definition) is 2. The van der Waals surface area contributed by atoms with Gasteiger partial charge in [-0.1, -0.05) is 0 Å². The lowest BCUT2D eigenvalue weighted by Crippen LogP contribution is -2.32. The number of halogens is 3. The Morgan fingerprint density at radius 1 is 1.53 bits per heavy atom. The van der Waals surface area contributed by atoms with Crippen LogP contribution in [0.3, 0.4) is 0 Å². The van der Waals surface area contributed by atoms with Gasteiger partial charge >= 0.3 is 12.1 Å². The molecule has 0 saturated carbocycles. The number of carbonyl (C=O) groups is 2. The number of alkyl halides is 3. The second kappa shape index (κ2) is 4.91. The van der Waals surface area contributed by atoms with Crippen molar-refractivity contribution in [2.24, 2.45) is 0 Å². The molecule has 8 heteroatoms. The van der Waals surface area contributed by atoms with Gasteiger partial charge in [-0.15, -0.1) is 0 Å². The molecule has 2 atom stereocenters. The van der Waals surface area contributed by atoms with Crippen LogP contribution in [0, 0.1) is 0 Å². The molecule has 0 radical (unpaired) electrons. The van der Waals surface area contributed by atoms with Crippen molar-refractivity contribution in [1.82, 2.24) is 10.2 Å². The zero-order valence-corrected chi connectivity index (χ0v) is 9.12. The van der Waals surface area contributed by atoms with Gasteiger partial charge in [-0.05, 0) is 13.0 Å². The van der Waals surface area contributed by atoms with Crippen molar-refractivity contribution in [3.63, 3.8) is 0 Å². The normalized spacial score (nSPS) is 27.5.